The summed E-state index contributed by atoms with van der Waals surface area (Å²) in [6.45, 7) is 1.16. The van der Waals surface area contributed by atoms with E-state index >= 15 is 0 Å². The van der Waals surface area contributed by atoms with Crippen molar-refractivity contribution < 1.29 is 22.8 Å². The van der Waals surface area contributed by atoms with Crippen molar-refractivity contribution in [2.24, 2.45) is 0 Å². The molecule has 0 aliphatic carbocycles. The number of amides is 2. The van der Waals surface area contributed by atoms with Gasteiger partial charge in [-0.15, -0.1) is 0 Å². The molecule has 0 fully saturated rings. The molecule has 0 bridgehead atoms. The number of rotatable bonds is 4. The number of imide groups is 1. The van der Waals surface area contributed by atoms with Crippen molar-refractivity contribution in [1.29, 1.82) is 5.26 Å². The van der Waals surface area contributed by atoms with Crippen LogP contribution in [0.1, 0.15) is 12.5 Å². The first-order valence-corrected chi connectivity index (χ1v) is 7.88. The lowest BCUT2D eigenvalue weighted by Crippen LogP contribution is -2.36. The topological polar surface area (TPSA) is 99.2 Å². The van der Waals surface area contributed by atoms with Crippen LogP contribution in [-0.4, -0.2) is 11.8 Å². The highest BCUT2D eigenvalue weighted by molar-refractivity contribution is 6.21. The molecule has 0 heterocycles. The van der Waals surface area contributed by atoms with Gasteiger partial charge >= 0.3 is 6.18 Å². The molecule has 9 heteroatoms. The van der Waals surface area contributed by atoms with E-state index < -0.39 is 29.1 Å². The number of anilines is 3. The summed E-state index contributed by atoms with van der Waals surface area (Å²) in [5.74, 6) is -1.51. The van der Waals surface area contributed by atoms with Gasteiger partial charge in [0.25, 0.3) is 5.91 Å². The predicted molar refractivity (Wildman–Crippen MR) is 97.8 cm³/mol. The number of nitrogens with zero attached hydrogens (tertiary/aromatic N) is 2. The second-order valence-electron chi connectivity index (χ2n) is 5.64. The van der Waals surface area contributed by atoms with E-state index in [4.69, 9.17) is 5.73 Å². The smallest absolute Gasteiger partial charge is 0.399 e. The van der Waals surface area contributed by atoms with Crippen LogP contribution in [0.2, 0.25) is 0 Å². The molecule has 0 saturated heterocycles. The minimum atomic E-state index is -4.47. The molecular formula is C19H15F3N4O2. The summed E-state index contributed by atoms with van der Waals surface area (Å²) in [6.07, 6.45) is -3.44. The quantitative estimate of drug-likeness (QED) is 0.473. The van der Waals surface area contributed by atoms with Crippen LogP contribution in [0.15, 0.2) is 60.3 Å². The van der Waals surface area contributed by atoms with Gasteiger partial charge in [0.1, 0.15) is 11.6 Å². The van der Waals surface area contributed by atoms with Crippen molar-refractivity contribution in [2.75, 3.05) is 16.0 Å². The Morgan fingerprint density at radius 3 is 2.14 bits per heavy atom. The SMILES string of the molecule is CC(=O)N(C(=O)/C(C#N)=C\Nc1ccc(C(F)(F)F)cc1)c1ccc(N)cc1. The second-order valence-corrected chi connectivity index (χ2v) is 5.64. The molecule has 0 saturated carbocycles. The average Bonchev–Trinajstić information content (AvgIpc) is 2.63. The molecule has 0 radical (unpaired) electrons. The lowest BCUT2D eigenvalue weighted by atomic mass is 10.2. The van der Waals surface area contributed by atoms with Gasteiger partial charge in [-0.2, -0.15) is 18.4 Å². The molecule has 6 nitrogen and oxygen atoms in total. The van der Waals surface area contributed by atoms with Crippen LogP contribution in [0.3, 0.4) is 0 Å². The van der Waals surface area contributed by atoms with E-state index in [1.165, 1.54) is 24.3 Å². The van der Waals surface area contributed by atoms with Crippen molar-refractivity contribution in [2.45, 2.75) is 13.1 Å². The minimum absolute atomic E-state index is 0.224. The predicted octanol–water partition coefficient (Wildman–Crippen LogP) is 3.69. The number of nitrogens with one attached hydrogen (secondary N) is 1. The van der Waals surface area contributed by atoms with E-state index in [1.54, 1.807) is 6.07 Å². The molecule has 0 aromatic heterocycles. The summed E-state index contributed by atoms with van der Waals surface area (Å²) in [5, 5.41) is 11.8. The van der Waals surface area contributed by atoms with E-state index in [1.807, 2.05) is 0 Å². The first-order chi connectivity index (χ1) is 13.1. The Hall–Kier alpha value is -3.80. The minimum Gasteiger partial charge on any atom is -0.399 e. The highest BCUT2D eigenvalue weighted by Gasteiger charge is 2.30. The maximum absolute atomic E-state index is 12.6. The summed E-state index contributed by atoms with van der Waals surface area (Å²) in [5.41, 5.74) is 5.23. The van der Waals surface area contributed by atoms with Crippen LogP contribution in [-0.2, 0) is 15.8 Å². The third kappa shape index (κ3) is 4.88. The number of alkyl halides is 3. The Morgan fingerprint density at radius 1 is 1.11 bits per heavy atom. The second kappa shape index (κ2) is 8.26. The monoisotopic (exact) mass is 388 g/mol. The van der Waals surface area contributed by atoms with Crippen molar-refractivity contribution in [3.63, 3.8) is 0 Å². The van der Waals surface area contributed by atoms with Gasteiger partial charge in [0, 0.05) is 24.5 Å². The van der Waals surface area contributed by atoms with Gasteiger partial charge in [-0.25, -0.2) is 4.90 Å². The zero-order valence-corrected chi connectivity index (χ0v) is 14.6. The van der Waals surface area contributed by atoms with Crippen LogP contribution in [0.4, 0.5) is 30.2 Å². The maximum atomic E-state index is 12.6. The van der Waals surface area contributed by atoms with Crippen molar-refractivity contribution in [1.82, 2.24) is 0 Å². The summed E-state index contributed by atoms with van der Waals surface area (Å²) < 4.78 is 37.7. The standard InChI is InChI=1S/C19H15F3N4O2/c1-12(27)26(17-8-4-15(24)5-9-17)18(28)13(10-23)11-25-16-6-2-14(3-7-16)19(20,21)22/h2-9,11,25H,24H2,1H3/b13-11-. The first-order valence-electron chi connectivity index (χ1n) is 7.88. The van der Waals surface area contributed by atoms with Crippen LogP contribution < -0.4 is 16.0 Å². The lowest BCUT2D eigenvalue weighted by molar-refractivity contribution is -0.137. The largest absolute Gasteiger partial charge is 0.416 e. The molecule has 0 aliphatic rings. The van der Waals surface area contributed by atoms with Crippen LogP contribution in [0.5, 0.6) is 0 Å². The number of nitrogen functional groups attached to an aromatic ring is 1. The molecule has 2 aromatic rings. The molecule has 3 N–H and O–H groups in total. The molecule has 0 spiro atoms. The van der Waals surface area contributed by atoms with E-state index in [0.29, 0.717) is 5.69 Å². The van der Waals surface area contributed by atoms with Crippen LogP contribution in [0.25, 0.3) is 0 Å². The molecule has 0 atom stereocenters. The number of carbonyl (C=O) groups excluding carboxylic acids is 2. The molecule has 28 heavy (non-hydrogen) atoms. The van der Waals surface area contributed by atoms with E-state index in [0.717, 1.165) is 42.3 Å². The van der Waals surface area contributed by atoms with E-state index in [9.17, 15) is 28.0 Å². The van der Waals surface area contributed by atoms with Gasteiger partial charge in [0.15, 0.2) is 0 Å². The van der Waals surface area contributed by atoms with Crippen LogP contribution >= 0.6 is 0 Å². The number of nitrogens with two attached hydrogens (primary N) is 1. The fraction of sp³-hybridized carbons (Fsp3) is 0.105. The normalized spacial score (nSPS) is 11.5. The van der Waals surface area contributed by atoms with Crippen molar-refractivity contribution >= 4 is 28.9 Å². The third-order valence-electron chi connectivity index (χ3n) is 3.62. The molecule has 144 valence electrons. The first kappa shape index (κ1) is 20.5. The Labute approximate surface area is 158 Å². The van der Waals surface area contributed by atoms with Gasteiger partial charge in [0.2, 0.25) is 5.91 Å². The average molecular weight is 388 g/mol. The number of nitriles is 1. The number of hydrogen-bond acceptors (Lipinski definition) is 5. The van der Waals surface area contributed by atoms with Crippen LogP contribution in [0, 0.1) is 11.3 Å². The number of carbonyl (C=O) groups is 2. The Kier molecular flexibility index (Phi) is 6.05. The third-order valence-corrected chi connectivity index (χ3v) is 3.62. The van der Waals surface area contributed by atoms with E-state index in [2.05, 4.69) is 5.32 Å². The zero-order valence-electron chi connectivity index (χ0n) is 14.6. The lowest BCUT2D eigenvalue weighted by Gasteiger charge is -2.19. The number of hydrogen-bond donors (Lipinski definition) is 2. The van der Waals surface area contributed by atoms with Crippen molar-refractivity contribution in [3.05, 3.63) is 65.9 Å². The molecule has 2 rings (SSSR count). The Morgan fingerprint density at radius 2 is 1.68 bits per heavy atom. The van der Waals surface area contributed by atoms with Gasteiger partial charge in [-0.05, 0) is 48.5 Å². The summed E-state index contributed by atoms with van der Waals surface area (Å²) in [6, 6.07) is 11.6. The van der Waals surface area contributed by atoms with Gasteiger partial charge in [0.05, 0.1) is 11.3 Å². The molecular weight excluding hydrogens is 373 g/mol. The number of halogens is 3. The molecule has 2 aromatic carbocycles. The fourth-order valence-corrected chi connectivity index (χ4v) is 2.24. The highest BCUT2D eigenvalue weighted by Crippen LogP contribution is 2.29. The van der Waals surface area contributed by atoms with Crippen molar-refractivity contribution in [3.8, 4) is 6.07 Å². The Bertz CT molecular complexity index is 943. The van der Waals surface area contributed by atoms with Gasteiger partial charge in [-0.1, -0.05) is 0 Å². The highest BCUT2D eigenvalue weighted by atomic mass is 19.4. The fourth-order valence-electron chi connectivity index (χ4n) is 2.24. The number of benzene rings is 2. The summed E-state index contributed by atoms with van der Waals surface area (Å²) >= 11 is 0. The van der Waals surface area contributed by atoms with Gasteiger partial charge in [-0.3, -0.25) is 9.59 Å². The zero-order chi connectivity index (χ0) is 20.9. The summed E-state index contributed by atoms with van der Waals surface area (Å²) in [7, 11) is 0. The van der Waals surface area contributed by atoms with E-state index in [-0.39, 0.29) is 11.4 Å². The Balaban J connectivity index is 2.24. The molecule has 2 amide bonds. The summed E-state index contributed by atoms with van der Waals surface area (Å²) in [4.78, 5) is 25.3. The van der Waals surface area contributed by atoms with Gasteiger partial charge < -0.3 is 11.1 Å². The maximum Gasteiger partial charge on any atom is 0.416 e. The molecule has 0 aliphatic heterocycles. The molecule has 0 unspecified atom stereocenters.